The lowest BCUT2D eigenvalue weighted by Crippen LogP contribution is -2.12. The molecule has 0 amide bonds. The Labute approximate surface area is 164 Å². The summed E-state index contributed by atoms with van der Waals surface area (Å²) in [6.07, 6.45) is 0. The zero-order chi connectivity index (χ0) is 20.4. The van der Waals surface area contributed by atoms with Crippen LogP contribution in [0.3, 0.4) is 0 Å². The van der Waals surface area contributed by atoms with Gasteiger partial charge in [0.15, 0.2) is 0 Å². The normalized spacial score (nSPS) is 11.2. The molecule has 1 heterocycles. The topological polar surface area (TPSA) is 118 Å². The van der Waals surface area contributed by atoms with Crippen molar-refractivity contribution in [2.24, 2.45) is 10.2 Å². The predicted octanol–water partition coefficient (Wildman–Crippen LogP) is 5.16. The van der Waals surface area contributed by atoms with E-state index >= 15 is 0 Å². The van der Waals surface area contributed by atoms with E-state index in [9.17, 15) is 9.59 Å². The zero-order valence-electron chi connectivity index (χ0n) is 15.1. The second-order valence-corrected chi connectivity index (χ2v) is 6.34. The van der Waals surface area contributed by atoms with Gasteiger partial charge in [0.25, 0.3) is 0 Å². The van der Waals surface area contributed by atoms with E-state index in [-0.39, 0.29) is 5.58 Å². The summed E-state index contributed by atoms with van der Waals surface area (Å²) in [6, 6.07) is 21.2. The third kappa shape index (κ3) is 3.89. The molecule has 0 radical (unpaired) electrons. The van der Waals surface area contributed by atoms with E-state index in [0.717, 1.165) is 11.1 Å². The molecule has 142 valence electrons. The van der Waals surface area contributed by atoms with Crippen LogP contribution in [0.15, 0.2) is 92.2 Å². The molecule has 3 aromatic carbocycles. The molecular weight excluding hydrogens is 370 g/mol. The van der Waals surface area contributed by atoms with Crippen molar-refractivity contribution in [2.45, 2.75) is 0 Å². The summed E-state index contributed by atoms with van der Waals surface area (Å²) < 4.78 is 5.02. The molecule has 29 heavy (non-hydrogen) atoms. The number of hydrogen-bond donors (Lipinski definition) is 2. The van der Waals surface area contributed by atoms with Gasteiger partial charge in [0.2, 0.25) is 0 Å². The van der Waals surface area contributed by atoms with Gasteiger partial charge in [-0.25, -0.2) is 9.59 Å². The summed E-state index contributed by atoms with van der Waals surface area (Å²) in [5.41, 5.74) is 8.64. The molecule has 3 N–H and O–H groups in total. The Morgan fingerprint density at radius 2 is 1.41 bits per heavy atom. The first kappa shape index (κ1) is 18.1. The van der Waals surface area contributed by atoms with Crippen LogP contribution in [-0.2, 0) is 0 Å². The van der Waals surface area contributed by atoms with E-state index in [1.807, 2.05) is 48.5 Å². The molecule has 0 saturated heterocycles. The first-order valence-electron chi connectivity index (χ1n) is 8.68. The summed E-state index contributed by atoms with van der Waals surface area (Å²) >= 11 is 0. The molecule has 4 aromatic rings. The monoisotopic (exact) mass is 385 g/mol. The van der Waals surface area contributed by atoms with Crippen LogP contribution in [0.5, 0.6) is 0 Å². The fourth-order valence-corrected chi connectivity index (χ4v) is 2.83. The molecule has 7 heteroatoms. The van der Waals surface area contributed by atoms with E-state index in [1.54, 1.807) is 18.2 Å². The second kappa shape index (κ2) is 7.40. The summed E-state index contributed by atoms with van der Waals surface area (Å²) in [7, 11) is 0. The number of fused-ring (bicyclic) bond motifs is 1. The number of nitrogen functional groups attached to an aromatic ring is 1. The van der Waals surface area contributed by atoms with E-state index in [4.69, 9.17) is 15.3 Å². The molecule has 0 aliphatic rings. The fraction of sp³-hybridized carbons (Fsp3) is 0. The quantitative estimate of drug-likeness (QED) is 0.286. The summed E-state index contributed by atoms with van der Waals surface area (Å²) in [6.45, 7) is 0. The molecule has 0 atom stereocenters. The minimum Gasteiger partial charge on any atom is -0.477 e. The highest BCUT2D eigenvalue weighted by atomic mass is 16.4. The van der Waals surface area contributed by atoms with Gasteiger partial charge in [0.05, 0.1) is 11.4 Å². The fourth-order valence-electron chi connectivity index (χ4n) is 2.83. The van der Waals surface area contributed by atoms with Gasteiger partial charge in [0.1, 0.15) is 11.1 Å². The standard InChI is InChI=1S/C22H15N3O4/c23-16-5-1-13(2-6-16)14-3-7-17(8-4-14)24-25-18-9-10-20-15(11-18)12-19(21(26)27)22(28)29-20/h1-12H,23H2,(H,26,27). The number of nitrogens with two attached hydrogens (primary N) is 1. The van der Waals surface area contributed by atoms with Gasteiger partial charge in [-0.15, -0.1) is 0 Å². The molecule has 0 aliphatic carbocycles. The number of anilines is 1. The van der Waals surface area contributed by atoms with Gasteiger partial charge < -0.3 is 15.3 Å². The lowest BCUT2D eigenvalue weighted by Gasteiger charge is -2.02. The van der Waals surface area contributed by atoms with Crippen LogP contribution < -0.4 is 11.4 Å². The van der Waals surface area contributed by atoms with Crippen LogP contribution in [-0.4, -0.2) is 11.1 Å². The van der Waals surface area contributed by atoms with Gasteiger partial charge in [-0.2, -0.15) is 10.2 Å². The van der Waals surface area contributed by atoms with Crippen molar-refractivity contribution in [3.8, 4) is 11.1 Å². The van der Waals surface area contributed by atoms with Gasteiger partial charge >= 0.3 is 11.6 Å². The summed E-state index contributed by atoms with van der Waals surface area (Å²) in [5, 5.41) is 17.9. The molecular formula is C22H15N3O4. The molecule has 0 aliphatic heterocycles. The molecule has 0 bridgehead atoms. The third-order valence-corrected chi connectivity index (χ3v) is 4.34. The molecule has 4 rings (SSSR count). The minimum absolute atomic E-state index is 0.284. The molecule has 0 saturated carbocycles. The number of rotatable bonds is 4. The third-order valence-electron chi connectivity index (χ3n) is 4.34. The molecule has 0 fully saturated rings. The average Bonchev–Trinajstić information content (AvgIpc) is 2.72. The maximum atomic E-state index is 11.6. The number of aromatic carboxylic acids is 1. The Kier molecular flexibility index (Phi) is 4.62. The number of carbonyl (C=O) groups is 1. The largest absolute Gasteiger partial charge is 0.477 e. The van der Waals surface area contributed by atoms with Crippen molar-refractivity contribution in [2.75, 3.05) is 5.73 Å². The zero-order valence-corrected chi connectivity index (χ0v) is 15.1. The maximum Gasteiger partial charge on any atom is 0.351 e. The van der Waals surface area contributed by atoms with Crippen LogP contribution >= 0.6 is 0 Å². The predicted molar refractivity (Wildman–Crippen MR) is 110 cm³/mol. The number of nitrogens with zero attached hydrogens (tertiary/aromatic N) is 2. The smallest absolute Gasteiger partial charge is 0.351 e. The van der Waals surface area contributed by atoms with Crippen molar-refractivity contribution in [1.29, 1.82) is 0 Å². The van der Waals surface area contributed by atoms with Crippen LogP contribution in [0.4, 0.5) is 17.1 Å². The Hall–Kier alpha value is -4.26. The van der Waals surface area contributed by atoms with Gasteiger partial charge in [0, 0.05) is 11.1 Å². The number of benzene rings is 3. The SMILES string of the molecule is Nc1ccc(-c2ccc(N=Nc3ccc4oc(=O)c(C(=O)O)cc4c3)cc2)cc1. The van der Waals surface area contributed by atoms with E-state index in [0.29, 0.717) is 22.4 Å². The first-order valence-corrected chi connectivity index (χ1v) is 8.68. The Bertz CT molecular complexity index is 1290. The first-order chi connectivity index (χ1) is 14.0. The Morgan fingerprint density at radius 3 is 2.07 bits per heavy atom. The highest BCUT2D eigenvalue weighted by Gasteiger charge is 2.12. The van der Waals surface area contributed by atoms with Crippen LogP contribution in [0, 0.1) is 0 Å². The van der Waals surface area contributed by atoms with Crippen molar-refractivity contribution in [3.05, 3.63) is 88.8 Å². The minimum atomic E-state index is -1.34. The van der Waals surface area contributed by atoms with Gasteiger partial charge in [-0.1, -0.05) is 24.3 Å². The van der Waals surface area contributed by atoms with Crippen LogP contribution in [0.2, 0.25) is 0 Å². The molecule has 0 spiro atoms. The van der Waals surface area contributed by atoms with Crippen LogP contribution in [0.1, 0.15) is 10.4 Å². The number of hydrogen-bond acceptors (Lipinski definition) is 6. The van der Waals surface area contributed by atoms with Crippen molar-refractivity contribution in [3.63, 3.8) is 0 Å². The molecule has 0 unspecified atom stereocenters. The molecule has 7 nitrogen and oxygen atoms in total. The highest BCUT2D eigenvalue weighted by molar-refractivity contribution is 5.92. The maximum absolute atomic E-state index is 11.6. The summed E-state index contributed by atoms with van der Waals surface area (Å²) in [4.78, 5) is 22.7. The summed E-state index contributed by atoms with van der Waals surface area (Å²) in [5.74, 6) is -1.34. The van der Waals surface area contributed by atoms with Crippen molar-refractivity contribution >= 4 is 34.0 Å². The number of azo groups is 1. The lowest BCUT2D eigenvalue weighted by molar-refractivity contribution is 0.0692. The van der Waals surface area contributed by atoms with Crippen molar-refractivity contribution in [1.82, 2.24) is 0 Å². The Morgan fingerprint density at radius 1 is 0.828 bits per heavy atom. The van der Waals surface area contributed by atoms with E-state index in [2.05, 4.69) is 10.2 Å². The van der Waals surface area contributed by atoms with Crippen molar-refractivity contribution < 1.29 is 14.3 Å². The second-order valence-electron chi connectivity index (χ2n) is 6.34. The van der Waals surface area contributed by atoms with Gasteiger partial charge in [-0.05, 0) is 59.7 Å². The number of carboxylic acid groups (broad SMARTS) is 1. The van der Waals surface area contributed by atoms with E-state index in [1.165, 1.54) is 6.07 Å². The number of carboxylic acids is 1. The highest BCUT2D eigenvalue weighted by Crippen LogP contribution is 2.26. The van der Waals surface area contributed by atoms with E-state index < -0.39 is 17.2 Å². The van der Waals surface area contributed by atoms with Gasteiger partial charge in [-0.3, -0.25) is 0 Å². The molecule has 1 aromatic heterocycles. The average molecular weight is 385 g/mol. The lowest BCUT2D eigenvalue weighted by atomic mass is 10.1. The Balaban J connectivity index is 1.59. The van der Waals surface area contributed by atoms with Crippen LogP contribution in [0.25, 0.3) is 22.1 Å².